The quantitative estimate of drug-likeness (QED) is 0.766. The third-order valence-electron chi connectivity index (χ3n) is 2.88. The van der Waals surface area contributed by atoms with Gasteiger partial charge in [-0.25, -0.2) is 0 Å². The van der Waals surface area contributed by atoms with Crippen LogP contribution in [0, 0.1) is 5.41 Å². The molecule has 0 aliphatic carbocycles. The highest BCUT2D eigenvalue weighted by Crippen LogP contribution is 2.36. The van der Waals surface area contributed by atoms with Gasteiger partial charge in [0.05, 0.1) is 18.5 Å². The molecule has 0 bridgehead atoms. The summed E-state index contributed by atoms with van der Waals surface area (Å²) in [5.41, 5.74) is -0.344. The van der Waals surface area contributed by atoms with E-state index in [1.165, 1.54) is 0 Å². The van der Waals surface area contributed by atoms with Crippen molar-refractivity contribution in [1.82, 2.24) is 0 Å². The topological polar surface area (TPSA) is 72.8 Å². The van der Waals surface area contributed by atoms with E-state index in [4.69, 9.17) is 14.0 Å². The van der Waals surface area contributed by atoms with E-state index in [1.807, 2.05) is 27.7 Å². The van der Waals surface area contributed by atoms with Gasteiger partial charge in [-0.15, -0.1) is 0 Å². The lowest BCUT2D eigenvalue weighted by molar-refractivity contribution is -0.151. The first-order valence-electron chi connectivity index (χ1n) is 5.29. The van der Waals surface area contributed by atoms with E-state index in [1.54, 1.807) is 0 Å². The maximum absolute atomic E-state index is 10.7. The third-order valence-corrected chi connectivity index (χ3v) is 3.60. The van der Waals surface area contributed by atoms with Crippen molar-refractivity contribution >= 4 is 10.1 Å². The average Bonchev–Trinajstić information content (AvgIpc) is 2.42. The molecule has 1 N–H and O–H groups in total. The third kappa shape index (κ3) is 4.01. The van der Waals surface area contributed by atoms with Crippen LogP contribution < -0.4 is 0 Å². The molecule has 1 aliphatic heterocycles. The van der Waals surface area contributed by atoms with Gasteiger partial charge in [0.2, 0.25) is 0 Å². The van der Waals surface area contributed by atoms with Crippen molar-refractivity contribution in [3.05, 3.63) is 0 Å². The van der Waals surface area contributed by atoms with Crippen molar-refractivity contribution in [3.63, 3.8) is 0 Å². The second kappa shape index (κ2) is 4.25. The second-order valence-electron chi connectivity index (χ2n) is 5.34. The molecule has 0 spiro atoms. The maximum Gasteiger partial charge on any atom is 0.264 e. The smallest absolute Gasteiger partial charge is 0.264 e. The summed E-state index contributed by atoms with van der Waals surface area (Å²) in [6.07, 6.45) is 0.194. The van der Waals surface area contributed by atoms with Crippen molar-refractivity contribution in [1.29, 1.82) is 0 Å². The van der Waals surface area contributed by atoms with Crippen LogP contribution in [0.25, 0.3) is 0 Å². The van der Waals surface area contributed by atoms with Gasteiger partial charge in [-0.1, -0.05) is 13.8 Å². The molecular weight excluding hydrogens is 232 g/mol. The van der Waals surface area contributed by atoms with Gasteiger partial charge in [0.1, 0.15) is 0 Å². The molecule has 0 amide bonds. The fourth-order valence-corrected chi connectivity index (χ4v) is 2.41. The molecule has 1 rings (SSSR count). The number of rotatable bonds is 4. The fraction of sp³-hybridized carbons (Fsp3) is 1.00. The lowest BCUT2D eigenvalue weighted by Gasteiger charge is -2.30. The minimum Gasteiger partial charge on any atom is -0.348 e. The zero-order chi connectivity index (χ0) is 12.6. The Kier molecular flexibility index (Phi) is 3.69. The number of hydrogen-bond donors (Lipinski definition) is 1. The molecular formula is C10H20O5S. The first kappa shape index (κ1) is 13.9. The average molecular weight is 252 g/mol. The Hall–Kier alpha value is -0.170. The van der Waals surface area contributed by atoms with E-state index < -0.39 is 15.9 Å². The summed E-state index contributed by atoms with van der Waals surface area (Å²) in [6.45, 7) is 7.92. The van der Waals surface area contributed by atoms with Crippen LogP contribution in [0.4, 0.5) is 0 Å². The van der Waals surface area contributed by atoms with Crippen LogP contribution in [0.2, 0.25) is 0 Å². The highest BCUT2D eigenvalue weighted by atomic mass is 32.2. The molecule has 0 aromatic rings. The van der Waals surface area contributed by atoms with E-state index in [-0.39, 0.29) is 17.3 Å². The molecule has 96 valence electrons. The predicted octanol–water partition coefficient (Wildman–Crippen LogP) is 1.44. The van der Waals surface area contributed by atoms with Gasteiger partial charge in [0, 0.05) is 0 Å². The molecule has 0 radical (unpaired) electrons. The molecule has 6 heteroatoms. The zero-order valence-electron chi connectivity index (χ0n) is 10.2. The van der Waals surface area contributed by atoms with Gasteiger partial charge in [0.25, 0.3) is 10.1 Å². The Morgan fingerprint density at radius 3 is 2.38 bits per heavy atom. The van der Waals surface area contributed by atoms with Crippen molar-refractivity contribution in [2.24, 2.45) is 5.41 Å². The Bertz CT molecular complexity index is 344. The van der Waals surface area contributed by atoms with Crippen molar-refractivity contribution in [2.45, 2.75) is 46.0 Å². The molecule has 1 aliphatic rings. The van der Waals surface area contributed by atoms with Gasteiger partial charge in [-0.05, 0) is 25.7 Å². The first-order valence-corrected chi connectivity index (χ1v) is 6.90. The highest BCUT2D eigenvalue weighted by molar-refractivity contribution is 7.85. The van der Waals surface area contributed by atoms with Gasteiger partial charge in [0.15, 0.2) is 5.79 Å². The summed E-state index contributed by atoms with van der Waals surface area (Å²) in [6, 6.07) is 0. The number of ether oxygens (including phenoxy) is 2. The summed E-state index contributed by atoms with van der Waals surface area (Å²) in [5, 5.41) is 0. The van der Waals surface area contributed by atoms with Crippen LogP contribution in [0.5, 0.6) is 0 Å². The summed E-state index contributed by atoms with van der Waals surface area (Å²) in [4.78, 5) is 0. The summed E-state index contributed by atoms with van der Waals surface area (Å²) in [7, 11) is -3.91. The predicted molar refractivity (Wildman–Crippen MR) is 59.7 cm³/mol. The summed E-state index contributed by atoms with van der Waals surface area (Å²) < 4.78 is 41.3. The maximum atomic E-state index is 10.7. The first-order chi connectivity index (χ1) is 7.02. The fourth-order valence-electron chi connectivity index (χ4n) is 1.63. The van der Waals surface area contributed by atoms with Gasteiger partial charge in [-0.2, -0.15) is 8.42 Å². The lowest BCUT2D eigenvalue weighted by Crippen LogP contribution is -2.34. The zero-order valence-corrected chi connectivity index (χ0v) is 11.0. The normalized spacial score (nSPS) is 25.9. The van der Waals surface area contributed by atoms with E-state index in [9.17, 15) is 8.42 Å². The Balaban J connectivity index is 2.58. The van der Waals surface area contributed by atoms with Crippen LogP contribution in [0.15, 0.2) is 0 Å². The standard InChI is InChI=1S/C10H20O5S/c1-9(2,5-6-16(11,12)13)8-7-14-10(3,4)15-8/h8H,5-7H2,1-4H3,(H,11,12,13)/t8-/m0/s1. The van der Waals surface area contributed by atoms with E-state index >= 15 is 0 Å². The molecule has 16 heavy (non-hydrogen) atoms. The minimum absolute atomic E-state index is 0.149. The molecule has 1 heterocycles. The van der Waals surface area contributed by atoms with E-state index in [0.29, 0.717) is 13.0 Å². The molecule has 0 aromatic heterocycles. The van der Waals surface area contributed by atoms with Crippen molar-refractivity contribution in [3.8, 4) is 0 Å². The lowest BCUT2D eigenvalue weighted by atomic mass is 9.84. The Labute approximate surface area is 96.9 Å². The van der Waals surface area contributed by atoms with Gasteiger partial charge in [-0.3, -0.25) is 4.55 Å². The van der Waals surface area contributed by atoms with Crippen LogP contribution in [0.1, 0.15) is 34.1 Å². The van der Waals surface area contributed by atoms with Gasteiger partial charge >= 0.3 is 0 Å². The summed E-state index contributed by atoms with van der Waals surface area (Å²) in [5.74, 6) is -0.861. The molecule has 5 nitrogen and oxygen atoms in total. The van der Waals surface area contributed by atoms with Crippen LogP contribution in [-0.4, -0.2) is 37.2 Å². The van der Waals surface area contributed by atoms with Crippen LogP contribution in [-0.2, 0) is 19.6 Å². The second-order valence-corrected chi connectivity index (χ2v) is 6.91. The SMILES string of the molecule is CC1(C)OC[C@@H](C(C)(C)CCS(=O)(=O)O)O1. The Morgan fingerprint density at radius 2 is 2.00 bits per heavy atom. The molecule has 0 saturated carbocycles. The highest BCUT2D eigenvalue weighted by Gasteiger charge is 2.41. The number of hydrogen-bond acceptors (Lipinski definition) is 4. The largest absolute Gasteiger partial charge is 0.348 e. The van der Waals surface area contributed by atoms with Gasteiger partial charge < -0.3 is 9.47 Å². The van der Waals surface area contributed by atoms with Crippen LogP contribution in [0.3, 0.4) is 0 Å². The minimum atomic E-state index is -3.91. The molecule has 0 aromatic carbocycles. The molecule has 1 atom stereocenters. The molecule has 1 saturated heterocycles. The van der Waals surface area contributed by atoms with Crippen LogP contribution >= 0.6 is 0 Å². The van der Waals surface area contributed by atoms with Crippen molar-refractivity contribution < 1.29 is 22.4 Å². The van der Waals surface area contributed by atoms with E-state index in [0.717, 1.165) is 0 Å². The monoisotopic (exact) mass is 252 g/mol. The Morgan fingerprint density at radius 1 is 1.44 bits per heavy atom. The van der Waals surface area contributed by atoms with Crippen molar-refractivity contribution in [2.75, 3.05) is 12.4 Å². The summed E-state index contributed by atoms with van der Waals surface area (Å²) >= 11 is 0. The molecule has 1 fully saturated rings. The molecule has 0 unspecified atom stereocenters. The van der Waals surface area contributed by atoms with E-state index in [2.05, 4.69) is 0 Å².